The van der Waals surface area contributed by atoms with Gasteiger partial charge in [0, 0.05) is 75.3 Å². The Hall–Kier alpha value is -3.95. The van der Waals surface area contributed by atoms with Crippen LogP contribution < -0.4 is 11.2 Å². The van der Waals surface area contributed by atoms with Crippen LogP contribution in [0.4, 0.5) is 8.78 Å². The molecular formula is C36H41F2N5O2. The second kappa shape index (κ2) is 13.6. The van der Waals surface area contributed by atoms with Crippen molar-refractivity contribution in [2.45, 2.75) is 65.7 Å². The summed E-state index contributed by atoms with van der Waals surface area (Å²) in [5.74, 6) is -1.28. The van der Waals surface area contributed by atoms with Gasteiger partial charge in [0.15, 0.2) is 0 Å². The Balaban J connectivity index is 1.30. The van der Waals surface area contributed by atoms with E-state index in [9.17, 15) is 18.4 Å². The Bertz CT molecular complexity index is 1760. The number of aromatic nitrogens is 3. The molecular weight excluding hydrogens is 572 g/mol. The number of benzene rings is 2. The molecule has 7 nitrogen and oxygen atoms in total. The Labute approximate surface area is 262 Å². The highest BCUT2D eigenvalue weighted by Gasteiger charge is 2.29. The average molecular weight is 614 g/mol. The van der Waals surface area contributed by atoms with E-state index in [4.69, 9.17) is 0 Å². The molecule has 6 rings (SSSR count). The van der Waals surface area contributed by atoms with Crippen molar-refractivity contribution in [3.8, 4) is 0 Å². The van der Waals surface area contributed by atoms with Crippen molar-refractivity contribution in [3.63, 3.8) is 0 Å². The van der Waals surface area contributed by atoms with E-state index in [1.165, 1.54) is 44.0 Å². The van der Waals surface area contributed by atoms with Gasteiger partial charge < -0.3 is 4.90 Å². The van der Waals surface area contributed by atoms with Crippen molar-refractivity contribution in [3.05, 3.63) is 132 Å². The van der Waals surface area contributed by atoms with Crippen molar-refractivity contribution in [1.82, 2.24) is 23.9 Å². The van der Waals surface area contributed by atoms with Crippen LogP contribution in [0.5, 0.6) is 0 Å². The Morgan fingerprint density at radius 3 is 2.49 bits per heavy atom. The summed E-state index contributed by atoms with van der Waals surface area (Å²) in [4.78, 5) is 37.2. The minimum atomic E-state index is -0.698. The first-order chi connectivity index (χ1) is 21.8. The number of rotatable bonds is 9. The molecule has 4 heterocycles. The molecule has 236 valence electrons. The van der Waals surface area contributed by atoms with E-state index < -0.39 is 17.3 Å². The van der Waals surface area contributed by atoms with Crippen molar-refractivity contribution in [2.24, 2.45) is 5.92 Å². The van der Waals surface area contributed by atoms with E-state index in [0.717, 1.165) is 44.6 Å². The standard InChI is InChI=1S/C36H41F2N5O2/c1-25-11-12-28(26(2)19-25)22-41-18-14-34-31(23-41)35(44)43(36(45)42(34)24-30-32(37)9-5-10-33(30)38)21-27-7-6-16-40(20-27)17-13-29-8-3-4-15-39-29/h3-5,8-12,15,19,27H,6-7,13-14,16-18,20-24H2,1-2H3. The number of likely N-dealkylation sites (tertiary alicyclic amines) is 1. The lowest BCUT2D eigenvalue weighted by atomic mass is 9.97. The van der Waals surface area contributed by atoms with Gasteiger partial charge >= 0.3 is 5.69 Å². The SMILES string of the molecule is Cc1ccc(CN2CCc3c(c(=O)n(CC4CCCN(CCc5ccccn5)C4)c(=O)n3Cc3c(F)cccc3F)C2)c(C)c1. The highest BCUT2D eigenvalue weighted by atomic mass is 19.1. The molecule has 0 amide bonds. The maximum atomic E-state index is 14.8. The second-order valence-corrected chi connectivity index (χ2v) is 12.7. The van der Waals surface area contributed by atoms with Gasteiger partial charge in [-0.05, 0) is 74.5 Å². The van der Waals surface area contributed by atoms with Crippen LogP contribution >= 0.6 is 0 Å². The van der Waals surface area contributed by atoms with E-state index in [0.29, 0.717) is 37.3 Å². The van der Waals surface area contributed by atoms with E-state index in [-0.39, 0.29) is 30.1 Å². The molecule has 2 aromatic heterocycles. The van der Waals surface area contributed by atoms with E-state index in [1.54, 1.807) is 6.20 Å². The van der Waals surface area contributed by atoms with Gasteiger partial charge in [-0.25, -0.2) is 13.6 Å². The third-order valence-electron chi connectivity index (χ3n) is 9.41. The number of piperidine rings is 1. The van der Waals surface area contributed by atoms with Gasteiger partial charge in [-0.2, -0.15) is 0 Å². The van der Waals surface area contributed by atoms with Crippen LogP contribution in [0.15, 0.2) is 70.4 Å². The summed E-state index contributed by atoms with van der Waals surface area (Å²) < 4.78 is 32.4. The summed E-state index contributed by atoms with van der Waals surface area (Å²) in [5, 5.41) is 0. The van der Waals surface area contributed by atoms with Crippen LogP contribution in [0.25, 0.3) is 0 Å². The first-order valence-corrected chi connectivity index (χ1v) is 16.0. The summed E-state index contributed by atoms with van der Waals surface area (Å²) >= 11 is 0. The van der Waals surface area contributed by atoms with E-state index in [1.807, 2.05) is 18.2 Å². The van der Waals surface area contributed by atoms with Gasteiger partial charge in [0.05, 0.1) is 12.1 Å². The summed E-state index contributed by atoms with van der Waals surface area (Å²) in [6.45, 7) is 8.48. The minimum absolute atomic E-state index is 0.111. The molecule has 9 heteroatoms. The van der Waals surface area contributed by atoms with E-state index in [2.05, 4.69) is 46.8 Å². The van der Waals surface area contributed by atoms with Crippen LogP contribution in [0.1, 0.15) is 52.0 Å². The number of hydrogen-bond donors (Lipinski definition) is 0. The molecule has 1 saturated heterocycles. The smallest absolute Gasteiger partial charge is 0.303 e. The number of halogens is 2. The molecule has 1 fully saturated rings. The maximum Gasteiger partial charge on any atom is 0.331 e. The number of aryl methyl sites for hydroxylation is 2. The van der Waals surface area contributed by atoms with Crippen molar-refractivity contribution in [1.29, 1.82) is 0 Å². The third-order valence-corrected chi connectivity index (χ3v) is 9.41. The van der Waals surface area contributed by atoms with E-state index >= 15 is 0 Å². The lowest BCUT2D eigenvalue weighted by Crippen LogP contribution is -2.49. The van der Waals surface area contributed by atoms with Crippen LogP contribution in [0, 0.1) is 31.4 Å². The fourth-order valence-corrected chi connectivity index (χ4v) is 6.95. The predicted octanol–water partition coefficient (Wildman–Crippen LogP) is 4.86. The summed E-state index contributed by atoms with van der Waals surface area (Å²) in [5.41, 5.74) is 4.83. The molecule has 2 aliphatic rings. The maximum absolute atomic E-state index is 14.8. The Kier molecular flexibility index (Phi) is 9.37. The van der Waals surface area contributed by atoms with Gasteiger partial charge in [-0.3, -0.25) is 23.8 Å². The lowest BCUT2D eigenvalue weighted by Gasteiger charge is -2.34. The zero-order valence-electron chi connectivity index (χ0n) is 26.1. The molecule has 0 radical (unpaired) electrons. The van der Waals surface area contributed by atoms with Crippen LogP contribution in [0.2, 0.25) is 0 Å². The molecule has 0 saturated carbocycles. The average Bonchev–Trinajstić information content (AvgIpc) is 3.04. The first kappa shape index (κ1) is 31.0. The molecule has 0 aliphatic carbocycles. The molecule has 0 spiro atoms. The largest absolute Gasteiger partial charge is 0.331 e. The zero-order valence-corrected chi connectivity index (χ0v) is 26.1. The molecule has 0 N–H and O–H groups in total. The number of nitrogens with zero attached hydrogens (tertiary/aromatic N) is 5. The zero-order chi connectivity index (χ0) is 31.5. The van der Waals surface area contributed by atoms with Gasteiger partial charge in [0.1, 0.15) is 11.6 Å². The normalized spacial score (nSPS) is 17.4. The summed E-state index contributed by atoms with van der Waals surface area (Å²) in [6.07, 6.45) is 4.98. The van der Waals surface area contributed by atoms with Gasteiger partial charge in [-0.1, -0.05) is 35.9 Å². The predicted molar refractivity (Wildman–Crippen MR) is 171 cm³/mol. The first-order valence-electron chi connectivity index (χ1n) is 16.0. The fraction of sp³-hybridized carbons (Fsp3) is 0.417. The number of fused-ring (bicyclic) bond motifs is 1. The molecule has 45 heavy (non-hydrogen) atoms. The van der Waals surface area contributed by atoms with Crippen molar-refractivity contribution < 1.29 is 8.78 Å². The highest BCUT2D eigenvalue weighted by molar-refractivity contribution is 5.31. The van der Waals surface area contributed by atoms with Crippen LogP contribution in [0.3, 0.4) is 0 Å². The monoisotopic (exact) mass is 613 g/mol. The molecule has 2 aliphatic heterocycles. The lowest BCUT2D eigenvalue weighted by molar-refractivity contribution is 0.160. The topological polar surface area (TPSA) is 63.4 Å². The second-order valence-electron chi connectivity index (χ2n) is 12.7. The van der Waals surface area contributed by atoms with Crippen molar-refractivity contribution in [2.75, 3.05) is 26.2 Å². The molecule has 1 atom stereocenters. The summed E-state index contributed by atoms with van der Waals surface area (Å²) in [7, 11) is 0. The molecule has 2 aromatic carbocycles. The van der Waals surface area contributed by atoms with Crippen molar-refractivity contribution >= 4 is 0 Å². The quantitative estimate of drug-likeness (QED) is 0.270. The third kappa shape index (κ3) is 6.99. The van der Waals surface area contributed by atoms with Crippen LogP contribution in [-0.4, -0.2) is 50.1 Å². The highest BCUT2D eigenvalue weighted by Crippen LogP contribution is 2.23. The van der Waals surface area contributed by atoms with Gasteiger partial charge in [0.2, 0.25) is 0 Å². The Morgan fingerprint density at radius 1 is 0.911 bits per heavy atom. The molecule has 1 unspecified atom stereocenters. The summed E-state index contributed by atoms with van der Waals surface area (Å²) in [6, 6.07) is 16.0. The van der Waals surface area contributed by atoms with Gasteiger partial charge in [-0.15, -0.1) is 0 Å². The molecule has 4 aromatic rings. The molecule has 0 bridgehead atoms. The fourth-order valence-electron chi connectivity index (χ4n) is 6.95. The van der Waals surface area contributed by atoms with Gasteiger partial charge in [0.25, 0.3) is 5.56 Å². The number of hydrogen-bond acceptors (Lipinski definition) is 5. The number of pyridine rings is 1. The Morgan fingerprint density at radius 2 is 1.73 bits per heavy atom. The van der Waals surface area contributed by atoms with Crippen LogP contribution in [-0.2, 0) is 39.0 Å². The minimum Gasteiger partial charge on any atom is -0.303 e.